The molecule has 1 aliphatic heterocycles. The highest BCUT2D eigenvalue weighted by molar-refractivity contribution is 8.19. The van der Waals surface area contributed by atoms with Crippen LogP contribution in [0.15, 0.2) is 87.1 Å². The van der Waals surface area contributed by atoms with Gasteiger partial charge in [-0.1, -0.05) is 12.1 Å². The zero-order valence-electron chi connectivity index (χ0n) is 22.8. The number of carboxylic acids is 1. The van der Waals surface area contributed by atoms with Gasteiger partial charge >= 0.3 is 17.3 Å². The molecular formula is C29H20N4O10S. The van der Waals surface area contributed by atoms with Gasteiger partial charge in [-0.05, 0) is 60.3 Å². The minimum absolute atomic E-state index is 0.0161. The Labute approximate surface area is 252 Å². The maximum Gasteiger partial charge on any atom is 0.335 e. The highest BCUT2D eigenvalue weighted by atomic mass is 32.2. The zero-order chi connectivity index (χ0) is 31.5. The van der Waals surface area contributed by atoms with Gasteiger partial charge in [0.25, 0.3) is 5.91 Å². The predicted molar refractivity (Wildman–Crippen MR) is 161 cm³/mol. The first-order valence-corrected chi connectivity index (χ1v) is 13.3. The molecule has 4 aromatic rings. The van der Waals surface area contributed by atoms with Gasteiger partial charge in [0.2, 0.25) is 0 Å². The van der Waals surface area contributed by atoms with Crippen molar-refractivity contribution in [3.8, 4) is 22.8 Å². The van der Waals surface area contributed by atoms with E-state index < -0.39 is 21.7 Å². The molecule has 44 heavy (non-hydrogen) atoms. The Morgan fingerprint density at radius 2 is 1.57 bits per heavy atom. The largest absolute Gasteiger partial charge is 0.490 e. The molecule has 0 aliphatic carbocycles. The Hall–Kier alpha value is -5.96. The number of anilines is 1. The minimum Gasteiger partial charge on any atom is -0.490 e. The van der Waals surface area contributed by atoms with Crippen molar-refractivity contribution in [2.75, 3.05) is 19.1 Å². The fraction of sp³-hybridized carbons (Fsp3) is 0.0690. The van der Waals surface area contributed by atoms with Gasteiger partial charge in [0.05, 0.1) is 45.9 Å². The topological polar surface area (TPSA) is 188 Å². The lowest BCUT2D eigenvalue weighted by Gasteiger charge is -2.16. The molecular weight excluding hydrogens is 596 g/mol. The highest BCUT2D eigenvalue weighted by Gasteiger charge is 2.36. The van der Waals surface area contributed by atoms with Crippen LogP contribution in [-0.4, -0.2) is 46.2 Å². The second kappa shape index (κ2) is 12.1. The van der Waals surface area contributed by atoms with Crippen LogP contribution in [-0.2, 0) is 4.79 Å². The maximum atomic E-state index is 13.7. The lowest BCUT2D eigenvalue weighted by molar-refractivity contribution is -0.385. The molecule has 1 aromatic heterocycles. The van der Waals surface area contributed by atoms with Crippen molar-refractivity contribution in [3.63, 3.8) is 0 Å². The SMILES string of the molecule is COc1ccc(N=C2S/C(=C/c3ccc(-c4ccc(C(=O)O)cc4)o3)C(=O)N2c2ccc(OC)c([N+](=O)[O-])c2)cc1[N+](=O)[O-]. The third-order valence-corrected chi connectivity index (χ3v) is 7.29. The molecule has 1 saturated heterocycles. The number of hydrogen-bond acceptors (Lipinski definition) is 11. The van der Waals surface area contributed by atoms with Crippen LogP contribution in [0.1, 0.15) is 16.1 Å². The van der Waals surface area contributed by atoms with Crippen LogP contribution in [0.25, 0.3) is 17.4 Å². The summed E-state index contributed by atoms with van der Waals surface area (Å²) in [5.41, 5.74) is 0.241. The molecule has 1 fully saturated rings. The first-order chi connectivity index (χ1) is 21.1. The Morgan fingerprint density at radius 3 is 2.18 bits per heavy atom. The number of aromatic carboxylic acids is 1. The summed E-state index contributed by atoms with van der Waals surface area (Å²) in [5.74, 6) is -0.931. The summed E-state index contributed by atoms with van der Waals surface area (Å²) in [6.45, 7) is 0. The number of carbonyl (C=O) groups is 2. The summed E-state index contributed by atoms with van der Waals surface area (Å²) >= 11 is 0.930. The van der Waals surface area contributed by atoms with Crippen LogP contribution in [0.3, 0.4) is 0 Å². The number of methoxy groups -OCH3 is 2. The Morgan fingerprint density at radius 1 is 0.932 bits per heavy atom. The number of nitro benzene ring substituents is 2. The molecule has 1 aliphatic rings. The van der Waals surface area contributed by atoms with E-state index in [4.69, 9.17) is 19.0 Å². The van der Waals surface area contributed by atoms with Gasteiger partial charge in [0, 0.05) is 23.8 Å². The van der Waals surface area contributed by atoms with Gasteiger partial charge in [-0.25, -0.2) is 9.79 Å². The van der Waals surface area contributed by atoms with E-state index >= 15 is 0 Å². The average molecular weight is 617 g/mol. The molecule has 0 atom stereocenters. The lowest BCUT2D eigenvalue weighted by atomic mass is 10.1. The number of rotatable bonds is 9. The van der Waals surface area contributed by atoms with Crippen LogP contribution >= 0.6 is 11.8 Å². The second-order valence-electron chi connectivity index (χ2n) is 8.96. The highest BCUT2D eigenvalue weighted by Crippen LogP contribution is 2.41. The normalized spacial score (nSPS) is 14.7. The van der Waals surface area contributed by atoms with Crippen molar-refractivity contribution in [2.24, 2.45) is 4.99 Å². The second-order valence-corrected chi connectivity index (χ2v) is 9.97. The van der Waals surface area contributed by atoms with Gasteiger partial charge in [-0.2, -0.15) is 0 Å². The maximum absolute atomic E-state index is 13.7. The van der Waals surface area contributed by atoms with E-state index in [1.54, 1.807) is 24.3 Å². The zero-order valence-corrected chi connectivity index (χ0v) is 23.6. The van der Waals surface area contributed by atoms with Crippen LogP contribution in [0.2, 0.25) is 0 Å². The molecule has 222 valence electrons. The van der Waals surface area contributed by atoms with Crippen molar-refractivity contribution >= 4 is 57.6 Å². The first-order valence-electron chi connectivity index (χ1n) is 12.5. The number of hydrogen-bond donors (Lipinski definition) is 1. The van der Waals surface area contributed by atoms with Crippen LogP contribution in [0.5, 0.6) is 11.5 Å². The molecule has 5 rings (SSSR count). The number of furan rings is 1. The number of ether oxygens (including phenoxy) is 2. The average Bonchev–Trinajstić information content (AvgIpc) is 3.60. The van der Waals surface area contributed by atoms with Gasteiger partial charge < -0.3 is 19.0 Å². The minimum atomic E-state index is -1.06. The monoisotopic (exact) mass is 616 g/mol. The number of nitro groups is 2. The van der Waals surface area contributed by atoms with Gasteiger partial charge in [0.15, 0.2) is 16.7 Å². The van der Waals surface area contributed by atoms with E-state index in [2.05, 4.69) is 4.99 Å². The number of amides is 1. The third-order valence-electron chi connectivity index (χ3n) is 6.32. The number of carbonyl (C=O) groups excluding carboxylic acids is 1. The third kappa shape index (κ3) is 5.84. The quantitative estimate of drug-likeness (QED) is 0.126. The molecule has 0 radical (unpaired) electrons. The molecule has 0 unspecified atom stereocenters. The number of thioether (sulfide) groups is 1. The number of amidine groups is 1. The molecule has 0 spiro atoms. The van der Waals surface area contributed by atoms with Crippen LogP contribution in [0, 0.1) is 20.2 Å². The van der Waals surface area contributed by atoms with E-state index in [0.717, 1.165) is 22.7 Å². The molecule has 1 amide bonds. The Kier molecular flexibility index (Phi) is 8.12. The van der Waals surface area contributed by atoms with E-state index in [0.29, 0.717) is 17.1 Å². The predicted octanol–water partition coefficient (Wildman–Crippen LogP) is 6.29. The van der Waals surface area contributed by atoms with E-state index in [1.165, 1.54) is 62.8 Å². The van der Waals surface area contributed by atoms with Crippen molar-refractivity contribution in [2.45, 2.75) is 0 Å². The molecule has 3 aromatic carbocycles. The molecule has 14 nitrogen and oxygen atoms in total. The lowest BCUT2D eigenvalue weighted by Crippen LogP contribution is -2.28. The van der Waals surface area contributed by atoms with Crippen LogP contribution in [0.4, 0.5) is 22.7 Å². The summed E-state index contributed by atoms with van der Waals surface area (Å²) in [4.78, 5) is 52.6. The summed E-state index contributed by atoms with van der Waals surface area (Å²) in [5, 5.41) is 32.5. The van der Waals surface area contributed by atoms with Crippen LogP contribution < -0.4 is 14.4 Å². The Balaban J connectivity index is 1.56. The first kappa shape index (κ1) is 29.5. The summed E-state index contributed by atoms with van der Waals surface area (Å²) in [6.07, 6.45) is 1.46. The van der Waals surface area contributed by atoms with Crippen molar-refractivity contribution in [1.82, 2.24) is 0 Å². The molecule has 2 heterocycles. The number of aliphatic imine (C=N–C) groups is 1. The fourth-order valence-corrected chi connectivity index (χ4v) is 5.21. The van der Waals surface area contributed by atoms with Crippen molar-refractivity contribution < 1.29 is 38.4 Å². The standard InChI is InChI=1S/C29H20N4O10S/c1-41-24-10-7-18(13-21(24)32(37)38)30-29-31(19-8-11-25(42-2)22(14-19)33(39)40)27(34)26(44-29)15-20-9-12-23(43-20)16-3-5-17(6-4-16)28(35)36/h3-15H,1-2H3,(H,35,36)/b26-15+,30-29?. The summed E-state index contributed by atoms with van der Waals surface area (Å²) < 4.78 is 16.0. The number of benzene rings is 3. The Bertz CT molecular complexity index is 1880. The smallest absolute Gasteiger partial charge is 0.335 e. The fourth-order valence-electron chi connectivity index (χ4n) is 4.23. The van der Waals surface area contributed by atoms with E-state index in [9.17, 15) is 29.8 Å². The van der Waals surface area contributed by atoms with E-state index in [1.807, 2.05) is 0 Å². The van der Waals surface area contributed by atoms with Gasteiger partial charge in [-0.15, -0.1) is 0 Å². The van der Waals surface area contributed by atoms with Crippen molar-refractivity contribution in [1.29, 1.82) is 0 Å². The van der Waals surface area contributed by atoms with Gasteiger partial charge in [0.1, 0.15) is 11.5 Å². The molecule has 0 bridgehead atoms. The number of nitrogens with zero attached hydrogens (tertiary/aromatic N) is 4. The number of carboxylic acid groups (broad SMARTS) is 1. The molecule has 1 N–H and O–H groups in total. The molecule has 15 heteroatoms. The summed E-state index contributed by atoms with van der Waals surface area (Å²) in [6, 6.07) is 17.3. The van der Waals surface area contributed by atoms with Crippen molar-refractivity contribution in [3.05, 3.63) is 109 Å². The molecule has 0 saturated carbocycles. The van der Waals surface area contributed by atoms with Gasteiger partial charge in [-0.3, -0.25) is 29.9 Å². The van der Waals surface area contributed by atoms with E-state index in [-0.39, 0.29) is 49.9 Å². The summed E-state index contributed by atoms with van der Waals surface area (Å²) in [7, 11) is 2.57.